The van der Waals surface area contributed by atoms with Crippen molar-refractivity contribution in [2.75, 3.05) is 6.61 Å². The van der Waals surface area contributed by atoms with Crippen molar-refractivity contribution in [1.29, 1.82) is 0 Å². The molecular formula is C20H14Cl4N2O3. The maximum absolute atomic E-state index is 11.9. The summed E-state index contributed by atoms with van der Waals surface area (Å²) in [5, 5.41) is 5.57. The molecule has 29 heavy (non-hydrogen) atoms. The first-order valence-electron chi connectivity index (χ1n) is 8.29. The van der Waals surface area contributed by atoms with Gasteiger partial charge < -0.3 is 9.15 Å². The second-order valence-corrected chi connectivity index (χ2v) is 7.60. The molecule has 0 unspecified atom stereocenters. The molecule has 1 heterocycles. The highest BCUT2D eigenvalue weighted by Gasteiger charge is 2.11. The minimum atomic E-state index is -0.421. The number of rotatable bonds is 6. The Hall–Kier alpha value is -2.18. The third-order valence-corrected chi connectivity index (χ3v) is 5.05. The molecule has 2 aromatic carbocycles. The van der Waals surface area contributed by atoms with Gasteiger partial charge in [0, 0.05) is 10.6 Å². The fourth-order valence-corrected chi connectivity index (χ4v) is 3.26. The lowest BCUT2D eigenvalue weighted by Crippen LogP contribution is -2.24. The Morgan fingerprint density at radius 1 is 1.07 bits per heavy atom. The summed E-state index contributed by atoms with van der Waals surface area (Å²) in [6.07, 6.45) is 1.36. The van der Waals surface area contributed by atoms with Gasteiger partial charge in [-0.25, -0.2) is 5.43 Å². The van der Waals surface area contributed by atoms with Crippen molar-refractivity contribution in [2.45, 2.75) is 6.92 Å². The van der Waals surface area contributed by atoms with Gasteiger partial charge in [-0.05, 0) is 55.0 Å². The van der Waals surface area contributed by atoms with Crippen molar-refractivity contribution in [2.24, 2.45) is 5.10 Å². The van der Waals surface area contributed by atoms with Crippen LogP contribution < -0.4 is 10.2 Å². The predicted molar refractivity (Wildman–Crippen MR) is 117 cm³/mol. The number of carbonyl (C=O) groups is 1. The lowest BCUT2D eigenvalue weighted by molar-refractivity contribution is -0.123. The lowest BCUT2D eigenvalue weighted by Gasteiger charge is -2.08. The van der Waals surface area contributed by atoms with Crippen LogP contribution in [0.1, 0.15) is 11.3 Å². The second kappa shape index (κ2) is 9.55. The summed E-state index contributed by atoms with van der Waals surface area (Å²) in [6, 6.07) is 11.7. The van der Waals surface area contributed by atoms with Gasteiger partial charge in [-0.1, -0.05) is 46.4 Å². The average Bonchev–Trinajstić information content (AvgIpc) is 3.12. The molecular weight excluding hydrogens is 458 g/mol. The van der Waals surface area contributed by atoms with Crippen LogP contribution in [0.2, 0.25) is 20.1 Å². The van der Waals surface area contributed by atoms with Gasteiger partial charge in [0.15, 0.2) is 6.61 Å². The number of aryl methyl sites for hydroxylation is 1. The minimum Gasteiger partial charge on any atom is -0.483 e. The van der Waals surface area contributed by atoms with Crippen molar-refractivity contribution < 1.29 is 13.9 Å². The zero-order valence-electron chi connectivity index (χ0n) is 15.0. The molecule has 1 amide bonds. The molecule has 1 aromatic heterocycles. The zero-order chi connectivity index (χ0) is 21.0. The molecule has 3 rings (SSSR count). The Balaban J connectivity index is 1.57. The van der Waals surface area contributed by atoms with Crippen molar-refractivity contribution in [3.63, 3.8) is 0 Å². The summed E-state index contributed by atoms with van der Waals surface area (Å²) in [7, 11) is 0. The van der Waals surface area contributed by atoms with E-state index in [4.69, 9.17) is 55.6 Å². The molecule has 3 aromatic rings. The molecule has 0 saturated carbocycles. The van der Waals surface area contributed by atoms with Crippen LogP contribution in [0.5, 0.6) is 5.75 Å². The summed E-state index contributed by atoms with van der Waals surface area (Å²) < 4.78 is 11.1. The number of carbonyl (C=O) groups excluding carboxylic acids is 1. The Kier molecular flexibility index (Phi) is 7.09. The number of amides is 1. The number of hydrazone groups is 1. The van der Waals surface area contributed by atoms with Gasteiger partial charge in [-0.3, -0.25) is 4.79 Å². The second-order valence-electron chi connectivity index (χ2n) is 5.94. The Morgan fingerprint density at radius 3 is 2.59 bits per heavy atom. The van der Waals surface area contributed by atoms with Crippen LogP contribution in [-0.4, -0.2) is 18.7 Å². The van der Waals surface area contributed by atoms with E-state index in [1.807, 2.05) is 6.92 Å². The molecule has 0 aliphatic rings. The van der Waals surface area contributed by atoms with Crippen LogP contribution in [0.15, 0.2) is 52.0 Å². The third-order valence-electron chi connectivity index (χ3n) is 3.78. The number of nitrogens with one attached hydrogen (secondary N) is 1. The third kappa shape index (κ3) is 5.67. The molecule has 0 atom stereocenters. The average molecular weight is 472 g/mol. The number of hydrogen-bond acceptors (Lipinski definition) is 4. The van der Waals surface area contributed by atoms with E-state index in [0.29, 0.717) is 42.9 Å². The molecule has 0 aliphatic carbocycles. The molecule has 1 N–H and O–H groups in total. The first kappa shape index (κ1) is 21.5. The Morgan fingerprint density at radius 2 is 1.83 bits per heavy atom. The van der Waals surface area contributed by atoms with E-state index in [0.717, 1.165) is 5.56 Å². The van der Waals surface area contributed by atoms with Crippen molar-refractivity contribution in [1.82, 2.24) is 5.43 Å². The van der Waals surface area contributed by atoms with Gasteiger partial charge in [0.25, 0.3) is 5.91 Å². The number of furan rings is 1. The van der Waals surface area contributed by atoms with Gasteiger partial charge in [0.1, 0.15) is 17.3 Å². The van der Waals surface area contributed by atoms with Gasteiger partial charge in [-0.2, -0.15) is 5.10 Å². The summed E-state index contributed by atoms with van der Waals surface area (Å²) in [6.45, 7) is 1.65. The quantitative estimate of drug-likeness (QED) is 0.257. The molecule has 9 heteroatoms. The number of nitrogens with zero attached hydrogens (tertiary/aromatic N) is 1. The molecule has 0 radical (unpaired) electrons. The van der Waals surface area contributed by atoms with Crippen LogP contribution >= 0.6 is 46.4 Å². The van der Waals surface area contributed by atoms with E-state index in [9.17, 15) is 4.79 Å². The van der Waals surface area contributed by atoms with Gasteiger partial charge >= 0.3 is 0 Å². The first-order chi connectivity index (χ1) is 13.8. The van der Waals surface area contributed by atoms with E-state index in [1.54, 1.807) is 42.5 Å². The fraction of sp³-hybridized carbons (Fsp3) is 0.100. The lowest BCUT2D eigenvalue weighted by atomic mass is 10.2. The van der Waals surface area contributed by atoms with Gasteiger partial charge in [0.05, 0.1) is 21.3 Å². The fourth-order valence-electron chi connectivity index (χ4n) is 2.40. The number of hydrogen-bond donors (Lipinski definition) is 1. The molecule has 0 saturated heterocycles. The van der Waals surface area contributed by atoms with Gasteiger partial charge in [0.2, 0.25) is 0 Å². The predicted octanol–water partition coefficient (Wildman–Crippen LogP) is 6.40. The van der Waals surface area contributed by atoms with Crippen LogP contribution in [0.4, 0.5) is 0 Å². The highest BCUT2D eigenvalue weighted by molar-refractivity contribution is 6.44. The standard InChI is InChI=1S/C20H14Cl4N2O3/c1-11-6-12(21)2-4-18(11)28-10-20(27)26-25-9-13-3-5-19(29-13)14-7-16(23)17(24)8-15(14)22/h2-9H,10H2,1H3,(H,26,27)/b25-9-. The molecule has 0 aliphatic heterocycles. The maximum Gasteiger partial charge on any atom is 0.277 e. The van der Waals surface area contributed by atoms with Crippen LogP contribution in [0, 0.1) is 6.92 Å². The zero-order valence-corrected chi connectivity index (χ0v) is 18.0. The highest BCUT2D eigenvalue weighted by Crippen LogP contribution is 2.35. The molecule has 0 spiro atoms. The van der Waals surface area contributed by atoms with Crippen molar-refractivity contribution in [3.8, 4) is 17.1 Å². The Bertz CT molecular complexity index is 1080. The largest absolute Gasteiger partial charge is 0.483 e. The molecule has 0 fully saturated rings. The summed E-state index contributed by atoms with van der Waals surface area (Å²) in [5.41, 5.74) is 3.79. The van der Waals surface area contributed by atoms with Crippen LogP contribution in [0.3, 0.4) is 0 Å². The van der Waals surface area contributed by atoms with E-state index in [-0.39, 0.29) is 6.61 Å². The van der Waals surface area contributed by atoms with Crippen LogP contribution in [0.25, 0.3) is 11.3 Å². The SMILES string of the molecule is Cc1cc(Cl)ccc1OCC(=O)N/N=C\c1ccc(-c2cc(Cl)c(Cl)cc2Cl)o1. The van der Waals surface area contributed by atoms with E-state index in [2.05, 4.69) is 10.5 Å². The molecule has 0 bridgehead atoms. The topological polar surface area (TPSA) is 63.8 Å². The summed E-state index contributed by atoms with van der Waals surface area (Å²) in [4.78, 5) is 11.9. The molecule has 150 valence electrons. The monoisotopic (exact) mass is 470 g/mol. The number of ether oxygens (including phenoxy) is 1. The number of halogens is 4. The van der Waals surface area contributed by atoms with E-state index >= 15 is 0 Å². The first-order valence-corrected chi connectivity index (χ1v) is 9.80. The normalized spacial score (nSPS) is 11.1. The molecule has 5 nitrogen and oxygen atoms in total. The summed E-state index contributed by atoms with van der Waals surface area (Å²) in [5.74, 6) is 1.05. The highest BCUT2D eigenvalue weighted by atomic mass is 35.5. The van der Waals surface area contributed by atoms with Crippen molar-refractivity contribution >= 4 is 58.5 Å². The maximum atomic E-state index is 11.9. The van der Waals surface area contributed by atoms with Gasteiger partial charge in [-0.15, -0.1) is 0 Å². The van der Waals surface area contributed by atoms with Crippen molar-refractivity contribution in [3.05, 3.63) is 73.9 Å². The minimum absolute atomic E-state index is 0.192. The summed E-state index contributed by atoms with van der Waals surface area (Å²) >= 11 is 24.0. The van der Waals surface area contributed by atoms with E-state index in [1.165, 1.54) is 6.21 Å². The van der Waals surface area contributed by atoms with E-state index < -0.39 is 5.91 Å². The smallest absolute Gasteiger partial charge is 0.277 e. The Labute approximate surface area is 187 Å². The van der Waals surface area contributed by atoms with Crippen LogP contribution in [-0.2, 0) is 4.79 Å². The number of benzene rings is 2.